The molecule has 0 bridgehead atoms. The van der Waals surface area contributed by atoms with Gasteiger partial charge in [-0.15, -0.1) is 6.58 Å². The Morgan fingerprint density at radius 2 is 2.00 bits per heavy atom. The highest BCUT2D eigenvalue weighted by Gasteiger charge is 1.97. The lowest BCUT2D eigenvalue weighted by Crippen LogP contribution is -2.01. The second-order valence-electron chi connectivity index (χ2n) is 3.32. The van der Waals surface area contributed by atoms with Crippen LogP contribution in [0, 0.1) is 0 Å². The molecular formula is C11H20O2. The largest absolute Gasteiger partial charge is 0.381 e. The number of hydrogen-bond donors (Lipinski definition) is 0. The summed E-state index contributed by atoms with van der Waals surface area (Å²) in [5.74, 6) is 0.323. The zero-order chi connectivity index (χ0) is 10.1. The Morgan fingerprint density at radius 3 is 2.54 bits per heavy atom. The normalized spacial score (nSPS) is 10.0. The minimum atomic E-state index is 0.323. The van der Waals surface area contributed by atoms with Crippen molar-refractivity contribution in [2.75, 3.05) is 13.2 Å². The van der Waals surface area contributed by atoms with E-state index in [4.69, 9.17) is 4.74 Å². The summed E-state index contributed by atoms with van der Waals surface area (Å²) in [5.41, 5.74) is 1.14. The van der Waals surface area contributed by atoms with E-state index in [9.17, 15) is 4.79 Å². The van der Waals surface area contributed by atoms with Crippen molar-refractivity contribution in [1.82, 2.24) is 0 Å². The van der Waals surface area contributed by atoms with E-state index in [1.54, 1.807) is 0 Å². The zero-order valence-corrected chi connectivity index (χ0v) is 8.77. The van der Waals surface area contributed by atoms with E-state index in [-0.39, 0.29) is 0 Å². The Balaban J connectivity index is 3.08. The van der Waals surface area contributed by atoms with E-state index in [1.807, 2.05) is 13.8 Å². The second kappa shape index (κ2) is 7.99. The zero-order valence-electron chi connectivity index (χ0n) is 8.77. The van der Waals surface area contributed by atoms with Gasteiger partial charge in [-0.05, 0) is 19.8 Å². The SMILES string of the molecule is C=C(C)CCOCCCC(=O)CC. The third-order valence-corrected chi connectivity index (χ3v) is 1.81. The Hall–Kier alpha value is -0.630. The topological polar surface area (TPSA) is 26.3 Å². The van der Waals surface area contributed by atoms with E-state index < -0.39 is 0 Å². The molecule has 0 heterocycles. The molecule has 0 aliphatic heterocycles. The lowest BCUT2D eigenvalue weighted by molar-refractivity contribution is -0.119. The maximum Gasteiger partial charge on any atom is 0.132 e. The first kappa shape index (κ1) is 12.4. The number of hydrogen-bond acceptors (Lipinski definition) is 2. The summed E-state index contributed by atoms with van der Waals surface area (Å²) in [6.07, 6.45) is 3.07. The quantitative estimate of drug-likeness (QED) is 0.428. The summed E-state index contributed by atoms with van der Waals surface area (Å²) in [7, 11) is 0. The molecule has 0 aliphatic carbocycles. The first-order valence-electron chi connectivity index (χ1n) is 4.90. The van der Waals surface area contributed by atoms with Gasteiger partial charge >= 0.3 is 0 Å². The Kier molecular flexibility index (Phi) is 7.60. The lowest BCUT2D eigenvalue weighted by atomic mass is 10.2. The fourth-order valence-electron chi connectivity index (χ4n) is 0.897. The van der Waals surface area contributed by atoms with Crippen LogP contribution in [0.15, 0.2) is 12.2 Å². The summed E-state index contributed by atoms with van der Waals surface area (Å²) in [5, 5.41) is 0. The molecule has 0 aromatic heterocycles. The van der Waals surface area contributed by atoms with Gasteiger partial charge in [0, 0.05) is 19.4 Å². The van der Waals surface area contributed by atoms with Gasteiger partial charge in [-0.3, -0.25) is 4.79 Å². The first-order chi connectivity index (χ1) is 6.16. The van der Waals surface area contributed by atoms with Gasteiger partial charge in [0.15, 0.2) is 0 Å². The van der Waals surface area contributed by atoms with Gasteiger partial charge in [0.25, 0.3) is 0 Å². The molecule has 0 amide bonds. The van der Waals surface area contributed by atoms with Gasteiger partial charge in [0.2, 0.25) is 0 Å². The number of carbonyl (C=O) groups excluding carboxylic acids is 1. The van der Waals surface area contributed by atoms with Crippen molar-refractivity contribution < 1.29 is 9.53 Å². The van der Waals surface area contributed by atoms with E-state index in [0.717, 1.165) is 25.0 Å². The summed E-state index contributed by atoms with van der Waals surface area (Å²) in [4.78, 5) is 10.9. The summed E-state index contributed by atoms with van der Waals surface area (Å²) in [6.45, 7) is 9.09. The molecular weight excluding hydrogens is 164 g/mol. The molecule has 0 N–H and O–H groups in total. The molecule has 0 aromatic rings. The fourth-order valence-corrected chi connectivity index (χ4v) is 0.897. The molecule has 0 saturated carbocycles. The Bertz CT molecular complexity index is 161. The molecule has 2 nitrogen and oxygen atoms in total. The van der Waals surface area contributed by atoms with Crippen LogP contribution >= 0.6 is 0 Å². The molecule has 0 fully saturated rings. The number of ketones is 1. The van der Waals surface area contributed by atoms with Gasteiger partial charge in [-0.2, -0.15) is 0 Å². The van der Waals surface area contributed by atoms with E-state index in [0.29, 0.717) is 25.2 Å². The van der Waals surface area contributed by atoms with Gasteiger partial charge in [-0.25, -0.2) is 0 Å². The standard InChI is InChI=1S/C11H20O2/c1-4-11(12)6-5-8-13-9-7-10(2)3/h2,4-9H2,1,3H3. The van der Waals surface area contributed by atoms with Crippen molar-refractivity contribution in [3.8, 4) is 0 Å². The molecule has 0 aromatic carbocycles. The maximum atomic E-state index is 10.9. The molecule has 0 atom stereocenters. The molecule has 0 aliphatic rings. The van der Waals surface area contributed by atoms with Crippen molar-refractivity contribution >= 4 is 5.78 Å². The van der Waals surface area contributed by atoms with Crippen LogP contribution in [0.5, 0.6) is 0 Å². The monoisotopic (exact) mass is 184 g/mol. The van der Waals surface area contributed by atoms with Crippen molar-refractivity contribution in [2.45, 2.75) is 39.5 Å². The second-order valence-corrected chi connectivity index (χ2v) is 3.32. The fraction of sp³-hybridized carbons (Fsp3) is 0.727. The number of carbonyl (C=O) groups is 1. The van der Waals surface area contributed by atoms with Crippen molar-refractivity contribution in [3.63, 3.8) is 0 Å². The van der Waals surface area contributed by atoms with Crippen molar-refractivity contribution in [1.29, 1.82) is 0 Å². The predicted octanol–water partition coefficient (Wildman–Crippen LogP) is 2.73. The van der Waals surface area contributed by atoms with Crippen LogP contribution in [0.1, 0.15) is 39.5 Å². The van der Waals surface area contributed by atoms with E-state index in [1.165, 1.54) is 0 Å². The molecule has 0 radical (unpaired) electrons. The molecule has 2 heteroatoms. The Labute approximate surface area is 81.0 Å². The van der Waals surface area contributed by atoms with E-state index >= 15 is 0 Å². The lowest BCUT2D eigenvalue weighted by Gasteiger charge is -2.02. The van der Waals surface area contributed by atoms with Crippen LogP contribution in [0.3, 0.4) is 0 Å². The van der Waals surface area contributed by atoms with E-state index in [2.05, 4.69) is 6.58 Å². The predicted molar refractivity (Wildman–Crippen MR) is 54.8 cm³/mol. The average molecular weight is 184 g/mol. The minimum Gasteiger partial charge on any atom is -0.381 e. The van der Waals surface area contributed by atoms with Crippen molar-refractivity contribution in [3.05, 3.63) is 12.2 Å². The van der Waals surface area contributed by atoms with Crippen LogP contribution < -0.4 is 0 Å². The highest BCUT2D eigenvalue weighted by Crippen LogP contribution is 1.98. The molecule has 76 valence electrons. The summed E-state index contributed by atoms with van der Waals surface area (Å²) in [6, 6.07) is 0. The average Bonchev–Trinajstić information content (AvgIpc) is 2.10. The molecule has 0 rings (SSSR count). The first-order valence-corrected chi connectivity index (χ1v) is 4.90. The van der Waals surface area contributed by atoms with Crippen LogP contribution in [0.2, 0.25) is 0 Å². The van der Waals surface area contributed by atoms with Gasteiger partial charge < -0.3 is 4.74 Å². The molecule has 0 saturated heterocycles. The highest BCUT2D eigenvalue weighted by atomic mass is 16.5. The minimum absolute atomic E-state index is 0.323. The molecule has 13 heavy (non-hydrogen) atoms. The third kappa shape index (κ3) is 9.28. The van der Waals surface area contributed by atoms with Gasteiger partial charge in [0.1, 0.15) is 5.78 Å². The van der Waals surface area contributed by atoms with Crippen LogP contribution in [0.4, 0.5) is 0 Å². The number of Topliss-reactive ketones (excluding diaryl/α,β-unsaturated/α-hetero) is 1. The molecule has 0 spiro atoms. The molecule has 0 unspecified atom stereocenters. The Morgan fingerprint density at radius 1 is 1.31 bits per heavy atom. The van der Waals surface area contributed by atoms with Crippen LogP contribution in [0.25, 0.3) is 0 Å². The van der Waals surface area contributed by atoms with Crippen molar-refractivity contribution in [2.24, 2.45) is 0 Å². The third-order valence-electron chi connectivity index (χ3n) is 1.81. The smallest absolute Gasteiger partial charge is 0.132 e. The summed E-state index contributed by atoms with van der Waals surface area (Å²) >= 11 is 0. The highest BCUT2D eigenvalue weighted by molar-refractivity contribution is 5.77. The number of rotatable bonds is 8. The van der Waals surface area contributed by atoms with Crippen LogP contribution in [-0.4, -0.2) is 19.0 Å². The summed E-state index contributed by atoms with van der Waals surface area (Å²) < 4.78 is 5.33. The van der Waals surface area contributed by atoms with Crippen LogP contribution in [-0.2, 0) is 9.53 Å². The van der Waals surface area contributed by atoms with Gasteiger partial charge in [-0.1, -0.05) is 12.5 Å². The van der Waals surface area contributed by atoms with Gasteiger partial charge in [0.05, 0.1) is 6.61 Å². The maximum absolute atomic E-state index is 10.9. The number of ether oxygens (including phenoxy) is 1.